The summed E-state index contributed by atoms with van der Waals surface area (Å²) in [6.07, 6.45) is 0. The highest BCUT2D eigenvalue weighted by Crippen LogP contribution is 2.12. The predicted octanol–water partition coefficient (Wildman–Crippen LogP) is 0.742. The van der Waals surface area contributed by atoms with Crippen LogP contribution >= 0.6 is 0 Å². The van der Waals surface area contributed by atoms with Gasteiger partial charge in [0.15, 0.2) is 9.84 Å². The summed E-state index contributed by atoms with van der Waals surface area (Å²) >= 11 is 0. The zero-order valence-corrected chi connectivity index (χ0v) is 10.3. The van der Waals surface area contributed by atoms with E-state index in [-0.39, 0.29) is 12.4 Å². The van der Waals surface area contributed by atoms with Crippen LogP contribution in [0.25, 0.3) is 0 Å². The van der Waals surface area contributed by atoms with Gasteiger partial charge in [0, 0.05) is 13.2 Å². The lowest BCUT2D eigenvalue weighted by Gasteiger charge is -2.11. The highest BCUT2D eigenvalue weighted by atomic mass is 32.2. The molecule has 0 amide bonds. The molecule has 0 aliphatic rings. The number of hydrogen-bond donors (Lipinski definition) is 1. The molecule has 2 N–H and O–H groups in total. The Hall–Kier alpha value is -0.910. The molecule has 0 aliphatic heterocycles. The fourth-order valence-electron chi connectivity index (χ4n) is 1.39. The molecule has 0 aromatic heterocycles. The molecule has 0 radical (unpaired) electrons. The van der Waals surface area contributed by atoms with Gasteiger partial charge in [0.1, 0.15) is 0 Å². The van der Waals surface area contributed by atoms with Crippen LogP contribution < -0.4 is 5.73 Å². The van der Waals surface area contributed by atoms with Crippen molar-refractivity contribution >= 4 is 9.84 Å². The van der Waals surface area contributed by atoms with E-state index in [0.29, 0.717) is 4.90 Å². The first kappa shape index (κ1) is 13.2. The largest absolute Gasteiger partial charge is 0.383 e. The van der Waals surface area contributed by atoms with E-state index in [4.69, 9.17) is 10.5 Å². The van der Waals surface area contributed by atoms with Crippen LogP contribution in [0.1, 0.15) is 5.56 Å². The third kappa shape index (κ3) is 3.59. The van der Waals surface area contributed by atoms with E-state index in [1.165, 1.54) is 7.11 Å². The fourth-order valence-corrected chi connectivity index (χ4v) is 2.79. The molecule has 1 rings (SSSR count). The zero-order chi connectivity index (χ0) is 12.2. The van der Waals surface area contributed by atoms with E-state index in [1.807, 2.05) is 6.92 Å². The van der Waals surface area contributed by atoms with E-state index in [9.17, 15) is 8.42 Å². The molecule has 0 fully saturated rings. The van der Waals surface area contributed by atoms with E-state index in [1.54, 1.807) is 24.3 Å². The van der Waals surface area contributed by atoms with Gasteiger partial charge in [-0.1, -0.05) is 17.7 Å². The SMILES string of the molecule is COCC(N)CS(=O)(=O)c1ccc(C)cc1. The van der Waals surface area contributed by atoms with E-state index >= 15 is 0 Å². The lowest BCUT2D eigenvalue weighted by atomic mass is 10.2. The molecule has 90 valence electrons. The van der Waals surface area contributed by atoms with Crippen LogP contribution in [-0.4, -0.2) is 33.9 Å². The van der Waals surface area contributed by atoms with Gasteiger partial charge in [0.2, 0.25) is 0 Å². The van der Waals surface area contributed by atoms with E-state index in [0.717, 1.165) is 5.56 Å². The topological polar surface area (TPSA) is 69.4 Å². The van der Waals surface area contributed by atoms with Crippen molar-refractivity contribution in [1.29, 1.82) is 0 Å². The minimum absolute atomic E-state index is 0.0934. The Labute approximate surface area is 96.3 Å². The van der Waals surface area contributed by atoms with Crippen LogP contribution in [0.5, 0.6) is 0 Å². The molecule has 1 aromatic carbocycles. The van der Waals surface area contributed by atoms with Crippen LogP contribution in [-0.2, 0) is 14.6 Å². The molecule has 0 bridgehead atoms. The summed E-state index contributed by atoms with van der Waals surface area (Å²) in [5, 5.41) is 0. The van der Waals surface area contributed by atoms with E-state index in [2.05, 4.69) is 0 Å². The molecule has 5 heteroatoms. The lowest BCUT2D eigenvalue weighted by molar-refractivity contribution is 0.186. The van der Waals surface area contributed by atoms with Gasteiger partial charge in [0.05, 0.1) is 17.3 Å². The molecule has 0 aliphatic carbocycles. The van der Waals surface area contributed by atoms with Gasteiger partial charge in [-0.25, -0.2) is 8.42 Å². The number of aryl methyl sites for hydroxylation is 1. The highest BCUT2D eigenvalue weighted by Gasteiger charge is 2.18. The first-order valence-corrected chi connectivity index (χ1v) is 6.65. The average molecular weight is 243 g/mol. The van der Waals surface area contributed by atoms with Crippen LogP contribution in [0.3, 0.4) is 0 Å². The average Bonchev–Trinajstić information content (AvgIpc) is 2.17. The quantitative estimate of drug-likeness (QED) is 0.828. The predicted molar refractivity (Wildman–Crippen MR) is 63.1 cm³/mol. The number of nitrogens with two attached hydrogens (primary N) is 1. The monoisotopic (exact) mass is 243 g/mol. The van der Waals surface area contributed by atoms with Crippen molar-refractivity contribution in [1.82, 2.24) is 0 Å². The smallest absolute Gasteiger partial charge is 0.179 e. The Morgan fingerprint density at radius 3 is 2.38 bits per heavy atom. The molecule has 1 atom stereocenters. The van der Waals surface area contributed by atoms with Crippen LogP contribution in [0.15, 0.2) is 29.2 Å². The summed E-state index contributed by atoms with van der Waals surface area (Å²) in [7, 11) is -1.81. The molecule has 0 saturated heterocycles. The minimum atomic E-state index is -3.30. The Balaban J connectivity index is 2.82. The van der Waals surface area contributed by atoms with Gasteiger partial charge in [-0.15, -0.1) is 0 Å². The second kappa shape index (κ2) is 5.43. The maximum Gasteiger partial charge on any atom is 0.179 e. The fraction of sp³-hybridized carbons (Fsp3) is 0.455. The maximum absolute atomic E-state index is 11.9. The highest BCUT2D eigenvalue weighted by molar-refractivity contribution is 7.91. The number of benzene rings is 1. The van der Waals surface area contributed by atoms with E-state index < -0.39 is 15.9 Å². The molecule has 0 saturated carbocycles. The van der Waals surface area contributed by atoms with Gasteiger partial charge in [-0.05, 0) is 19.1 Å². The van der Waals surface area contributed by atoms with Crippen molar-refractivity contribution in [3.63, 3.8) is 0 Å². The summed E-state index contributed by atoms with van der Waals surface area (Å²) in [4.78, 5) is 0.310. The molecule has 1 aromatic rings. The second-order valence-corrected chi connectivity index (χ2v) is 5.84. The number of sulfone groups is 1. The maximum atomic E-state index is 11.9. The molecular formula is C11H17NO3S. The minimum Gasteiger partial charge on any atom is -0.383 e. The van der Waals surface area contributed by atoms with Crippen LogP contribution in [0, 0.1) is 6.92 Å². The van der Waals surface area contributed by atoms with Gasteiger partial charge >= 0.3 is 0 Å². The number of hydrogen-bond acceptors (Lipinski definition) is 4. The van der Waals surface area contributed by atoms with Gasteiger partial charge < -0.3 is 10.5 Å². The molecule has 16 heavy (non-hydrogen) atoms. The molecule has 1 unspecified atom stereocenters. The lowest BCUT2D eigenvalue weighted by Crippen LogP contribution is -2.33. The van der Waals surface area contributed by atoms with Crippen LogP contribution in [0.4, 0.5) is 0 Å². The van der Waals surface area contributed by atoms with Gasteiger partial charge in [-0.3, -0.25) is 0 Å². The van der Waals surface area contributed by atoms with Gasteiger partial charge in [-0.2, -0.15) is 0 Å². The van der Waals surface area contributed by atoms with Crippen molar-refractivity contribution in [2.24, 2.45) is 5.73 Å². The summed E-state index contributed by atoms with van der Waals surface area (Å²) in [6.45, 7) is 2.15. The third-order valence-corrected chi connectivity index (χ3v) is 4.05. The van der Waals surface area contributed by atoms with Crippen molar-refractivity contribution in [2.75, 3.05) is 19.5 Å². The van der Waals surface area contributed by atoms with Crippen molar-refractivity contribution in [3.8, 4) is 0 Å². The first-order chi connectivity index (χ1) is 7.45. The second-order valence-electron chi connectivity index (χ2n) is 3.81. The Morgan fingerprint density at radius 1 is 1.31 bits per heavy atom. The van der Waals surface area contributed by atoms with Crippen molar-refractivity contribution < 1.29 is 13.2 Å². The Bertz CT molecular complexity index is 425. The summed E-state index contributed by atoms with van der Waals surface area (Å²) in [6, 6.07) is 6.26. The number of rotatable bonds is 5. The Morgan fingerprint density at radius 2 is 1.88 bits per heavy atom. The summed E-state index contributed by atoms with van der Waals surface area (Å²) in [5.41, 5.74) is 6.66. The number of ether oxygens (including phenoxy) is 1. The zero-order valence-electron chi connectivity index (χ0n) is 9.51. The first-order valence-electron chi connectivity index (χ1n) is 4.99. The summed E-state index contributed by atoms with van der Waals surface area (Å²) in [5.74, 6) is -0.0934. The molecule has 0 heterocycles. The normalized spacial score (nSPS) is 13.7. The molecule has 0 spiro atoms. The molecular weight excluding hydrogens is 226 g/mol. The number of methoxy groups -OCH3 is 1. The van der Waals surface area contributed by atoms with Crippen LogP contribution in [0.2, 0.25) is 0 Å². The Kier molecular flexibility index (Phi) is 4.46. The van der Waals surface area contributed by atoms with Crippen molar-refractivity contribution in [2.45, 2.75) is 17.9 Å². The van der Waals surface area contributed by atoms with Gasteiger partial charge in [0.25, 0.3) is 0 Å². The standard InChI is InChI=1S/C11H17NO3S/c1-9-3-5-11(6-4-9)16(13,14)8-10(12)7-15-2/h3-6,10H,7-8,12H2,1-2H3. The molecule has 4 nitrogen and oxygen atoms in total. The van der Waals surface area contributed by atoms with Crippen molar-refractivity contribution in [3.05, 3.63) is 29.8 Å². The third-order valence-electron chi connectivity index (χ3n) is 2.19. The summed E-state index contributed by atoms with van der Waals surface area (Å²) < 4.78 is 28.6.